The molecule has 0 N–H and O–H groups in total. The fourth-order valence-corrected chi connectivity index (χ4v) is 6.43. The summed E-state index contributed by atoms with van der Waals surface area (Å²) in [5, 5.41) is 7.02. The van der Waals surface area contributed by atoms with Gasteiger partial charge in [-0.2, -0.15) is 17.2 Å². The summed E-state index contributed by atoms with van der Waals surface area (Å²) >= 11 is 0. The first-order valence-electron chi connectivity index (χ1n) is 15.7. The number of ether oxygens (including phenoxy) is 1. The normalized spacial score (nSPS) is 11.3. The number of aromatic nitrogens is 4. The second-order valence-corrected chi connectivity index (χ2v) is 11.8. The largest absolute Gasteiger partial charge is 2.00 e. The van der Waals surface area contributed by atoms with Crippen LogP contribution in [0.25, 0.3) is 44.4 Å². The molecule has 6 heteroatoms. The van der Waals surface area contributed by atoms with Crippen molar-refractivity contribution >= 4 is 21.8 Å². The Bertz CT molecular complexity index is 2170. The number of aryl methyl sites for hydroxylation is 2. The van der Waals surface area contributed by atoms with E-state index in [-0.39, 0.29) is 21.1 Å². The number of benzene rings is 4. The van der Waals surface area contributed by atoms with Gasteiger partial charge in [0.1, 0.15) is 5.82 Å². The Labute approximate surface area is 285 Å². The van der Waals surface area contributed by atoms with E-state index in [1.165, 1.54) is 22.3 Å². The summed E-state index contributed by atoms with van der Waals surface area (Å²) in [6.45, 7) is 11.1. The molecule has 5 nitrogen and oxygen atoms in total. The van der Waals surface area contributed by atoms with Gasteiger partial charge in [-0.05, 0) is 82.8 Å². The van der Waals surface area contributed by atoms with Crippen LogP contribution in [0, 0.1) is 19.1 Å². The van der Waals surface area contributed by atoms with Crippen LogP contribution in [-0.2, 0) is 33.9 Å². The van der Waals surface area contributed by atoms with E-state index in [9.17, 15) is 0 Å². The molecule has 232 valence electrons. The molecule has 7 aromatic rings. The molecule has 0 spiro atoms. The molecule has 0 amide bonds. The van der Waals surface area contributed by atoms with E-state index in [2.05, 4.69) is 111 Å². The van der Waals surface area contributed by atoms with E-state index in [0.29, 0.717) is 17.4 Å². The van der Waals surface area contributed by atoms with Crippen LogP contribution in [0.3, 0.4) is 0 Å². The predicted octanol–water partition coefficient (Wildman–Crippen LogP) is 9.98. The molecule has 46 heavy (non-hydrogen) atoms. The number of para-hydroxylation sites is 1. The zero-order valence-corrected chi connectivity index (χ0v) is 29.0. The van der Waals surface area contributed by atoms with Crippen LogP contribution >= 0.6 is 0 Å². The molecule has 4 aromatic carbocycles. The van der Waals surface area contributed by atoms with Crippen LogP contribution in [0.1, 0.15) is 55.9 Å². The SMILES string of the molecule is CCc1ccc(C(C)C)c(CC)c1-c1cnn(-c2[c-]c(Oc3[c-]c4c(cc3)c3ccccc3n4-c3cc(C)ccn3)ccc2)c1.[Pt+2]. The Hall–Kier alpha value is -4.47. The molecule has 0 radical (unpaired) electrons. The summed E-state index contributed by atoms with van der Waals surface area (Å²) in [5.74, 6) is 2.53. The van der Waals surface area contributed by atoms with Crippen molar-refractivity contribution in [1.82, 2.24) is 19.3 Å². The summed E-state index contributed by atoms with van der Waals surface area (Å²) in [7, 11) is 0. The molecule has 0 unspecified atom stereocenters. The third-order valence-corrected chi connectivity index (χ3v) is 8.57. The van der Waals surface area contributed by atoms with Crippen molar-refractivity contribution in [3.63, 3.8) is 0 Å². The minimum atomic E-state index is 0. The summed E-state index contributed by atoms with van der Waals surface area (Å²) < 4.78 is 10.4. The molecular weight excluding hydrogens is 748 g/mol. The van der Waals surface area contributed by atoms with E-state index in [0.717, 1.165) is 57.3 Å². The molecule has 3 heterocycles. The fourth-order valence-electron chi connectivity index (χ4n) is 6.43. The molecule has 0 bridgehead atoms. The summed E-state index contributed by atoms with van der Waals surface area (Å²) in [5.41, 5.74) is 10.6. The molecule has 0 aliphatic rings. The van der Waals surface area contributed by atoms with Crippen molar-refractivity contribution in [3.05, 3.63) is 132 Å². The standard InChI is InChI=1S/C40H36N4O.Pt/c1-6-28-15-17-34(26(3)4)33(7-2)40(28)29-24-42-43(25-29)30-11-10-12-31(22-30)45-32-16-18-36-35-13-8-9-14-37(35)44(38(36)23-32)39-21-27(5)19-20-41-39;/h8-21,24-26H,6-7H2,1-5H3;/q-2;+2. The maximum absolute atomic E-state index is 6.38. The molecule has 3 aromatic heterocycles. The molecule has 0 aliphatic heterocycles. The summed E-state index contributed by atoms with van der Waals surface area (Å²) in [6.07, 6.45) is 7.88. The first-order valence-corrected chi connectivity index (χ1v) is 15.7. The predicted molar refractivity (Wildman–Crippen MR) is 183 cm³/mol. The van der Waals surface area contributed by atoms with Gasteiger partial charge in [-0.3, -0.25) is 4.68 Å². The van der Waals surface area contributed by atoms with E-state index < -0.39 is 0 Å². The Balaban J connectivity index is 0.00000372. The molecule has 0 aliphatic carbocycles. The number of nitrogens with zero attached hydrogens (tertiary/aromatic N) is 4. The first-order chi connectivity index (χ1) is 21.9. The summed E-state index contributed by atoms with van der Waals surface area (Å²) in [6, 6.07) is 34.0. The van der Waals surface area contributed by atoms with E-state index in [4.69, 9.17) is 9.84 Å². The number of pyridine rings is 1. The van der Waals surface area contributed by atoms with Crippen molar-refractivity contribution in [1.29, 1.82) is 0 Å². The van der Waals surface area contributed by atoms with Crippen molar-refractivity contribution in [3.8, 4) is 34.1 Å². The van der Waals surface area contributed by atoms with Gasteiger partial charge in [0, 0.05) is 35.0 Å². The van der Waals surface area contributed by atoms with Crippen LogP contribution in [0.4, 0.5) is 0 Å². The molecule has 7 rings (SSSR count). The van der Waals surface area contributed by atoms with Crippen LogP contribution in [0.5, 0.6) is 11.5 Å². The van der Waals surface area contributed by atoms with Gasteiger partial charge in [-0.15, -0.1) is 35.7 Å². The molecule has 0 saturated heterocycles. The zero-order chi connectivity index (χ0) is 31.1. The van der Waals surface area contributed by atoms with Crippen LogP contribution in [0.15, 0.2) is 97.5 Å². The molecular formula is C40H36N4OPt. The second kappa shape index (κ2) is 13.1. The zero-order valence-electron chi connectivity index (χ0n) is 26.7. The topological polar surface area (TPSA) is 44.9 Å². The maximum Gasteiger partial charge on any atom is 2.00 e. The van der Waals surface area contributed by atoms with Crippen LogP contribution in [-0.4, -0.2) is 19.3 Å². The second-order valence-electron chi connectivity index (χ2n) is 11.8. The van der Waals surface area contributed by atoms with Gasteiger partial charge >= 0.3 is 21.1 Å². The quantitative estimate of drug-likeness (QED) is 0.144. The van der Waals surface area contributed by atoms with Gasteiger partial charge in [0.25, 0.3) is 0 Å². The fraction of sp³-hybridized carbons (Fsp3) is 0.200. The van der Waals surface area contributed by atoms with Crippen LogP contribution in [0.2, 0.25) is 0 Å². The minimum Gasteiger partial charge on any atom is -0.509 e. The van der Waals surface area contributed by atoms with Gasteiger partial charge < -0.3 is 9.30 Å². The maximum atomic E-state index is 6.38. The molecule has 0 fully saturated rings. The van der Waals surface area contributed by atoms with Crippen molar-refractivity contribution < 1.29 is 25.8 Å². The van der Waals surface area contributed by atoms with E-state index in [1.807, 2.05) is 47.4 Å². The van der Waals surface area contributed by atoms with Gasteiger partial charge in [0.2, 0.25) is 0 Å². The van der Waals surface area contributed by atoms with Gasteiger partial charge in [-0.1, -0.05) is 63.5 Å². The average molecular weight is 784 g/mol. The van der Waals surface area contributed by atoms with Crippen molar-refractivity contribution in [2.45, 2.75) is 53.4 Å². The number of rotatable bonds is 8. The van der Waals surface area contributed by atoms with Gasteiger partial charge in [0.15, 0.2) is 0 Å². The Morgan fingerprint density at radius 3 is 2.46 bits per heavy atom. The Morgan fingerprint density at radius 2 is 1.67 bits per heavy atom. The van der Waals surface area contributed by atoms with Gasteiger partial charge in [0.05, 0.1) is 6.20 Å². The van der Waals surface area contributed by atoms with E-state index >= 15 is 0 Å². The Morgan fingerprint density at radius 1 is 0.848 bits per heavy atom. The molecule has 0 atom stereocenters. The number of hydrogen-bond donors (Lipinski definition) is 0. The Kier molecular flexibility index (Phi) is 8.97. The minimum absolute atomic E-state index is 0. The first kappa shape index (κ1) is 31.5. The molecule has 0 saturated carbocycles. The number of fused-ring (bicyclic) bond motifs is 3. The summed E-state index contributed by atoms with van der Waals surface area (Å²) in [4.78, 5) is 4.69. The number of hydrogen-bond acceptors (Lipinski definition) is 3. The van der Waals surface area contributed by atoms with Crippen LogP contribution < -0.4 is 4.74 Å². The average Bonchev–Trinajstić information content (AvgIpc) is 3.67. The monoisotopic (exact) mass is 783 g/mol. The van der Waals surface area contributed by atoms with Crippen molar-refractivity contribution in [2.24, 2.45) is 0 Å². The third kappa shape index (κ3) is 5.69. The third-order valence-electron chi connectivity index (χ3n) is 8.57. The smallest absolute Gasteiger partial charge is 0.509 e. The van der Waals surface area contributed by atoms with E-state index in [1.54, 1.807) is 0 Å². The van der Waals surface area contributed by atoms with Crippen molar-refractivity contribution in [2.75, 3.05) is 0 Å². The van der Waals surface area contributed by atoms with Gasteiger partial charge in [-0.25, -0.2) is 4.98 Å².